The van der Waals surface area contributed by atoms with Crippen molar-refractivity contribution in [1.82, 2.24) is 25.4 Å². The van der Waals surface area contributed by atoms with Crippen LogP contribution >= 0.6 is 11.3 Å². The highest BCUT2D eigenvalue weighted by atomic mass is 32.1. The zero-order valence-electron chi connectivity index (χ0n) is 13.6. The van der Waals surface area contributed by atoms with Crippen LogP contribution in [0.2, 0.25) is 0 Å². The van der Waals surface area contributed by atoms with Gasteiger partial charge in [0.25, 0.3) is 0 Å². The standard InChI is InChI=1S/C16H23N5OS/c1-12-14(23-13(2)20-12)4-8-18-15(22)16(5-9-17-10-6-16)21-11-3-7-19-21/h3,7,11,17H,4-6,8-10H2,1-2H3,(H,18,22). The maximum absolute atomic E-state index is 12.9. The van der Waals surface area contributed by atoms with E-state index >= 15 is 0 Å². The number of hydrogen-bond acceptors (Lipinski definition) is 5. The molecule has 0 aliphatic carbocycles. The Morgan fingerprint density at radius 3 is 2.83 bits per heavy atom. The molecule has 2 aromatic heterocycles. The van der Waals surface area contributed by atoms with Crippen LogP contribution in [0.3, 0.4) is 0 Å². The molecule has 3 rings (SSSR count). The smallest absolute Gasteiger partial charge is 0.248 e. The number of thiazole rings is 1. The Kier molecular flexibility index (Phi) is 4.77. The average molecular weight is 333 g/mol. The van der Waals surface area contributed by atoms with Gasteiger partial charge in [-0.15, -0.1) is 11.3 Å². The first-order chi connectivity index (χ1) is 11.1. The van der Waals surface area contributed by atoms with Crippen molar-refractivity contribution in [3.63, 3.8) is 0 Å². The van der Waals surface area contributed by atoms with E-state index in [0.717, 1.165) is 43.1 Å². The zero-order valence-corrected chi connectivity index (χ0v) is 14.4. The lowest BCUT2D eigenvalue weighted by molar-refractivity contribution is -0.131. The Morgan fingerprint density at radius 1 is 1.43 bits per heavy atom. The normalized spacial score (nSPS) is 17.1. The third kappa shape index (κ3) is 3.30. The molecular weight excluding hydrogens is 310 g/mol. The summed E-state index contributed by atoms with van der Waals surface area (Å²) in [4.78, 5) is 18.6. The first-order valence-corrected chi connectivity index (χ1v) is 8.85. The molecular formula is C16H23N5OS. The minimum absolute atomic E-state index is 0.0709. The van der Waals surface area contributed by atoms with Gasteiger partial charge in [0.2, 0.25) is 5.91 Å². The number of carbonyl (C=O) groups excluding carboxylic acids is 1. The Bertz CT molecular complexity index is 658. The van der Waals surface area contributed by atoms with Crippen molar-refractivity contribution in [2.75, 3.05) is 19.6 Å². The van der Waals surface area contributed by atoms with Crippen LogP contribution in [0.5, 0.6) is 0 Å². The van der Waals surface area contributed by atoms with E-state index in [9.17, 15) is 4.79 Å². The maximum Gasteiger partial charge on any atom is 0.248 e. The second-order valence-electron chi connectivity index (χ2n) is 5.98. The minimum atomic E-state index is -0.562. The van der Waals surface area contributed by atoms with Gasteiger partial charge in [0.15, 0.2) is 0 Å². The van der Waals surface area contributed by atoms with Crippen LogP contribution in [0, 0.1) is 13.8 Å². The van der Waals surface area contributed by atoms with Crippen LogP contribution < -0.4 is 10.6 Å². The fourth-order valence-electron chi connectivity index (χ4n) is 3.18. The van der Waals surface area contributed by atoms with Crippen LogP contribution in [0.15, 0.2) is 18.5 Å². The molecule has 23 heavy (non-hydrogen) atoms. The number of aryl methyl sites for hydroxylation is 2. The highest BCUT2D eigenvalue weighted by molar-refractivity contribution is 7.11. The van der Waals surface area contributed by atoms with Crippen LogP contribution in [-0.2, 0) is 16.8 Å². The Labute approximate surface area is 140 Å². The average Bonchev–Trinajstić information content (AvgIpc) is 3.18. The summed E-state index contributed by atoms with van der Waals surface area (Å²) < 4.78 is 1.82. The van der Waals surface area contributed by atoms with Gasteiger partial charge in [-0.2, -0.15) is 5.10 Å². The minimum Gasteiger partial charge on any atom is -0.354 e. The molecule has 124 valence electrons. The van der Waals surface area contributed by atoms with Crippen molar-refractivity contribution in [2.45, 2.75) is 38.6 Å². The van der Waals surface area contributed by atoms with Gasteiger partial charge in [-0.3, -0.25) is 9.48 Å². The van der Waals surface area contributed by atoms with E-state index in [4.69, 9.17) is 0 Å². The monoisotopic (exact) mass is 333 g/mol. The highest BCUT2D eigenvalue weighted by Gasteiger charge is 2.41. The summed E-state index contributed by atoms with van der Waals surface area (Å²) in [5.41, 5.74) is 0.512. The molecule has 1 amide bonds. The van der Waals surface area contributed by atoms with Gasteiger partial charge in [-0.25, -0.2) is 4.98 Å². The second-order valence-corrected chi connectivity index (χ2v) is 7.27. The number of hydrogen-bond donors (Lipinski definition) is 2. The van der Waals surface area contributed by atoms with Crippen molar-refractivity contribution in [3.8, 4) is 0 Å². The highest BCUT2D eigenvalue weighted by Crippen LogP contribution is 2.27. The third-order valence-electron chi connectivity index (χ3n) is 4.43. The maximum atomic E-state index is 12.9. The van der Waals surface area contributed by atoms with E-state index in [1.165, 1.54) is 4.88 Å². The Hall–Kier alpha value is -1.73. The summed E-state index contributed by atoms with van der Waals surface area (Å²) in [5.74, 6) is 0.0709. The molecule has 0 atom stereocenters. The fourth-order valence-corrected chi connectivity index (χ4v) is 4.12. The molecule has 0 bridgehead atoms. The number of aromatic nitrogens is 3. The topological polar surface area (TPSA) is 71.8 Å². The zero-order chi connectivity index (χ0) is 16.3. The van der Waals surface area contributed by atoms with Gasteiger partial charge in [0.1, 0.15) is 5.54 Å². The molecule has 2 N–H and O–H groups in total. The van der Waals surface area contributed by atoms with Crippen LogP contribution in [-0.4, -0.2) is 40.3 Å². The van der Waals surface area contributed by atoms with Crippen LogP contribution in [0.1, 0.15) is 28.4 Å². The Balaban J connectivity index is 1.66. The fraction of sp³-hybridized carbons (Fsp3) is 0.562. The first kappa shape index (κ1) is 16.1. The third-order valence-corrected chi connectivity index (χ3v) is 5.57. The van der Waals surface area contributed by atoms with E-state index in [0.29, 0.717) is 6.54 Å². The van der Waals surface area contributed by atoms with E-state index in [-0.39, 0.29) is 5.91 Å². The van der Waals surface area contributed by atoms with Gasteiger partial charge in [-0.05, 0) is 45.8 Å². The first-order valence-electron chi connectivity index (χ1n) is 8.04. The van der Waals surface area contributed by atoms with E-state index < -0.39 is 5.54 Å². The molecule has 7 heteroatoms. The summed E-state index contributed by atoms with van der Waals surface area (Å²) in [6.45, 7) is 6.35. The predicted octanol–water partition coefficient (Wildman–Crippen LogP) is 1.39. The lowest BCUT2D eigenvalue weighted by Gasteiger charge is -2.36. The molecule has 0 spiro atoms. The molecule has 2 aromatic rings. The summed E-state index contributed by atoms with van der Waals surface area (Å²) in [6, 6.07) is 1.88. The van der Waals surface area contributed by atoms with Crippen molar-refractivity contribution in [2.24, 2.45) is 0 Å². The van der Waals surface area contributed by atoms with Crippen molar-refractivity contribution in [3.05, 3.63) is 34.0 Å². The number of nitrogens with zero attached hydrogens (tertiary/aromatic N) is 3. The lowest BCUT2D eigenvalue weighted by atomic mass is 9.87. The summed E-state index contributed by atoms with van der Waals surface area (Å²) in [6.07, 6.45) is 5.98. The van der Waals surface area contributed by atoms with Gasteiger partial charge < -0.3 is 10.6 Å². The van der Waals surface area contributed by atoms with Gasteiger partial charge in [0, 0.05) is 30.2 Å². The van der Waals surface area contributed by atoms with Crippen molar-refractivity contribution < 1.29 is 4.79 Å². The van der Waals surface area contributed by atoms with Gasteiger partial charge in [0.05, 0.1) is 10.7 Å². The molecule has 0 saturated carbocycles. The predicted molar refractivity (Wildman–Crippen MR) is 90.6 cm³/mol. The molecule has 1 saturated heterocycles. The number of amides is 1. The molecule has 3 heterocycles. The van der Waals surface area contributed by atoms with E-state index in [2.05, 4.69) is 20.7 Å². The largest absolute Gasteiger partial charge is 0.354 e. The number of nitrogens with one attached hydrogen (secondary N) is 2. The van der Waals surface area contributed by atoms with E-state index in [1.807, 2.05) is 30.8 Å². The van der Waals surface area contributed by atoms with E-state index in [1.54, 1.807) is 17.5 Å². The van der Waals surface area contributed by atoms with Crippen molar-refractivity contribution >= 4 is 17.2 Å². The molecule has 1 fully saturated rings. The molecule has 1 aliphatic heterocycles. The quantitative estimate of drug-likeness (QED) is 0.867. The summed E-state index contributed by atoms with van der Waals surface area (Å²) in [5, 5.41) is 11.9. The summed E-state index contributed by atoms with van der Waals surface area (Å²) in [7, 11) is 0. The number of piperidine rings is 1. The van der Waals surface area contributed by atoms with Crippen LogP contribution in [0.25, 0.3) is 0 Å². The van der Waals surface area contributed by atoms with Crippen LogP contribution in [0.4, 0.5) is 0 Å². The molecule has 0 radical (unpaired) electrons. The second kappa shape index (κ2) is 6.80. The summed E-state index contributed by atoms with van der Waals surface area (Å²) >= 11 is 1.71. The number of carbonyl (C=O) groups is 1. The number of rotatable bonds is 5. The molecule has 6 nitrogen and oxygen atoms in total. The SMILES string of the molecule is Cc1nc(C)c(CCNC(=O)C2(n3cccn3)CCNCC2)s1. The molecule has 0 unspecified atom stereocenters. The van der Waals surface area contributed by atoms with Crippen molar-refractivity contribution in [1.29, 1.82) is 0 Å². The molecule has 0 aromatic carbocycles. The van der Waals surface area contributed by atoms with Gasteiger partial charge in [-0.1, -0.05) is 0 Å². The lowest BCUT2D eigenvalue weighted by Crippen LogP contribution is -2.54. The van der Waals surface area contributed by atoms with Gasteiger partial charge >= 0.3 is 0 Å². The molecule has 1 aliphatic rings. The Morgan fingerprint density at radius 2 is 2.22 bits per heavy atom.